The number of halogens is 2. The van der Waals surface area contributed by atoms with E-state index in [1.165, 1.54) is 11.8 Å². The Hall–Kier alpha value is -2.63. The predicted molar refractivity (Wildman–Crippen MR) is 147 cm³/mol. The Kier molecular flexibility index (Phi) is 8.86. The molecule has 4 rings (SSSR count). The molecule has 0 saturated carbocycles. The van der Waals surface area contributed by atoms with E-state index in [1.54, 1.807) is 0 Å². The zero-order valence-corrected chi connectivity index (χ0v) is 22.5. The number of para-hydroxylation sites is 1. The summed E-state index contributed by atoms with van der Waals surface area (Å²) in [6.07, 6.45) is 1.50. The Morgan fingerprint density at radius 1 is 1.00 bits per heavy atom. The van der Waals surface area contributed by atoms with Crippen molar-refractivity contribution in [2.24, 2.45) is 0 Å². The molecule has 0 unspecified atom stereocenters. The van der Waals surface area contributed by atoms with E-state index < -0.39 is 10.9 Å². The standard InChI is InChI=1S/C24H29Cl2N7O2S/c1-3-32-9-10-33(4-2)22-12-21(18(25)11-17(22)15-32)30-24-27-14-19(26)23(31-24)29-20-8-6-5-7-16(20)13-28-36(34)35/h5-8,11-12,14,36H,3-4,9-10,13,15H2,1-2H3,(H,28,34,35)(H2,27,29,30,31). The van der Waals surface area contributed by atoms with Crippen LogP contribution in [0.4, 0.5) is 28.8 Å². The molecule has 1 aliphatic heterocycles. The van der Waals surface area contributed by atoms with Gasteiger partial charge in [0.15, 0.2) is 5.82 Å². The van der Waals surface area contributed by atoms with Gasteiger partial charge in [0.25, 0.3) is 0 Å². The molecule has 3 aromatic rings. The predicted octanol–water partition coefficient (Wildman–Crippen LogP) is 4.55. The lowest BCUT2D eigenvalue weighted by Crippen LogP contribution is -2.31. The highest BCUT2D eigenvalue weighted by molar-refractivity contribution is 7.70. The lowest BCUT2D eigenvalue weighted by Gasteiger charge is -2.24. The Morgan fingerprint density at radius 2 is 1.81 bits per heavy atom. The van der Waals surface area contributed by atoms with Crippen molar-refractivity contribution in [1.82, 2.24) is 19.6 Å². The third-order valence-electron chi connectivity index (χ3n) is 6.08. The van der Waals surface area contributed by atoms with Crippen molar-refractivity contribution in [3.63, 3.8) is 0 Å². The molecule has 0 fully saturated rings. The van der Waals surface area contributed by atoms with Crippen LogP contribution in [0.25, 0.3) is 0 Å². The molecule has 0 radical (unpaired) electrons. The van der Waals surface area contributed by atoms with Crippen LogP contribution in [0.1, 0.15) is 25.0 Å². The van der Waals surface area contributed by atoms with Gasteiger partial charge < -0.3 is 15.5 Å². The van der Waals surface area contributed by atoms with Crippen molar-refractivity contribution < 1.29 is 8.42 Å². The van der Waals surface area contributed by atoms with Crippen LogP contribution in [0.2, 0.25) is 10.0 Å². The molecule has 0 aliphatic carbocycles. The molecule has 2 heterocycles. The quantitative estimate of drug-likeness (QED) is 0.288. The SMILES string of the molecule is CCN1CCN(CC)c2cc(Nc3ncc(Cl)c(Nc4ccccc4CN[SH](=O)=O)n3)c(Cl)cc2C1. The van der Waals surface area contributed by atoms with Crippen LogP contribution in [0.15, 0.2) is 42.6 Å². The molecule has 192 valence electrons. The van der Waals surface area contributed by atoms with Gasteiger partial charge >= 0.3 is 0 Å². The second-order valence-electron chi connectivity index (χ2n) is 8.30. The molecule has 0 spiro atoms. The van der Waals surface area contributed by atoms with E-state index in [1.807, 2.05) is 30.3 Å². The van der Waals surface area contributed by atoms with E-state index in [0.29, 0.717) is 33.2 Å². The second-order valence-corrected chi connectivity index (χ2v) is 9.94. The third-order valence-corrected chi connectivity index (χ3v) is 7.08. The molecule has 0 bridgehead atoms. The highest BCUT2D eigenvalue weighted by Crippen LogP contribution is 2.35. The van der Waals surface area contributed by atoms with Crippen molar-refractivity contribution in [2.75, 3.05) is 41.7 Å². The highest BCUT2D eigenvalue weighted by Gasteiger charge is 2.20. The lowest BCUT2D eigenvalue weighted by atomic mass is 10.1. The normalized spacial score (nSPS) is 14.0. The Balaban J connectivity index is 1.60. The van der Waals surface area contributed by atoms with Crippen LogP contribution in [-0.2, 0) is 24.0 Å². The summed E-state index contributed by atoms with van der Waals surface area (Å²) in [7, 11) is -2.71. The zero-order chi connectivity index (χ0) is 25.7. The number of fused-ring (bicyclic) bond motifs is 1. The Labute approximate surface area is 222 Å². The van der Waals surface area contributed by atoms with E-state index >= 15 is 0 Å². The van der Waals surface area contributed by atoms with Crippen LogP contribution in [0.5, 0.6) is 0 Å². The molecule has 0 saturated heterocycles. The summed E-state index contributed by atoms with van der Waals surface area (Å²) in [5.41, 5.74) is 4.46. The molecular formula is C24H29Cl2N7O2S. The first kappa shape index (κ1) is 26.4. The summed E-state index contributed by atoms with van der Waals surface area (Å²) < 4.78 is 24.3. The topological polar surface area (TPSA) is 102 Å². The van der Waals surface area contributed by atoms with Crippen LogP contribution in [-0.4, -0.2) is 49.5 Å². The smallest absolute Gasteiger partial charge is 0.229 e. The first-order valence-electron chi connectivity index (χ1n) is 11.7. The summed E-state index contributed by atoms with van der Waals surface area (Å²) in [5, 5.41) is 7.32. The summed E-state index contributed by atoms with van der Waals surface area (Å²) >= 11 is 13.0. The summed E-state index contributed by atoms with van der Waals surface area (Å²) in [5.74, 6) is 0.710. The maximum Gasteiger partial charge on any atom is 0.229 e. The molecule has 1 aliphatic rings. The molecule has 12 heteroatoms. The minimum absolute atomic E-state index is 0.143. The maximum absolute atomic E-state index is 11.0. The van der Waals surface area contributed by atoms with Crippen molar-refractivity contribution in [1.29, 1.82) is 0 Å². The number of hydrogen-bond acceptors (Lipinski definition) is 8. The molecule has 36 heavy (non-hydrogen) atoms. The van der Waals surface area contributed by atoms with Gasteiger partial charge in [0.05, 0.1) is 16.9 Å². The third kappa shape index (κ3) is 6.37. The largest absolute Gasteiger partial charge is 0.370 e. The molecule has 9 nitrogen and oxygen atoms in total. The van der Waals surface area contributed by atoms with E-state index in [2.05, 4.69) is 55.0 Å². The maximum atomic E-state index is 11.0. The fourth-order valence-corrected chi connectivity index (χ4v) is 4.80. The van der Waals surface area contributed by atoms with E-state index in [4.69, 9.17) is 23.2 Å². The molecule has 1 aromatic heterocycles. The summed E-state index contributed by atoms with van der Waals surface area (Å²) in [4.78, 5) is 13.6. The summed E-state index contributed by atoms with van der Waals surface area (Å²) in [6.45, 7) is 9.13. The molecule has 0 amide bonds. The fourth-order valence-electron chi connectivity index (χ4n) is 4.13. The number of hydrogen-bond donors (Lipinski definition) is 4. The number of thiol groups is 1. The van der Waals surface area contributed by atoms with Gasteiger partial charge in [0.1, 0.15) is 5.02 Å². The van der Waals surface area contributed by atoms with Gasteiger partial charge in [-0.25, -0.2) is 18.1 Å². The minimum atomic E-state index is -2.71. The van der Waals surface area contributed by atoms with Crippen molar-refractivity contribution >= 4 is 62.9 Å². The van der Waals surface area contributed by atoms with Crippen LogP contribution < -0.4 is 20.3 Å². The highest BCUT2D eigenvalue weighted by atomic mass is 35.5. The van der Waals surface area contributed by atoms with Crippen LogP contribution >= 0.6 is 23.2 Å². The first-order chi connectivity index (χ1) is 17.4. The van der Waals surface area contributed by atoms with Crippen LogP contribution in [0, 0.1) is 0 Å². The van der Waals surface area contributed by atoms with E-state index in [0.717, 1.165) is 44.0 Å². The van der Waals surface area contributed by atoms with Gasteiger partial charge in [-0.3, -0.25) is 4.90 Å². The molecule has 0 atom stereocenters. The van der Waals surface area contributed by atoms with E-state index in [-0.39, 0.29) is 6.54 Å². The minimum Gasteiger partial charge on any atom is -0.370 e. The van der Waals surface area contributed by atoms with Gasteiger partial charge in [-0.05, 0) is 42.8 Å². The average Bonchev–Trinajstić information content (AvgIpc) is 3.04. The Bertz CT molecular complexity index is 1300. The monoisotopic (exact) mass is 549 g/mol. The van der Waals surface area contributed by atoms with Crippen LogP contribution in [0.3, 0.4) is 0 Å². The number of benzene rings is 2. The first-order valence-corrected chi connectivity index (χ1v) is 13.6. The second kappa shape index (κ2) is 12.1. The molecule has 3 N–H and O–H groups in total. The zero-order valence-electron chi connectivity index (χ0n) is 20.1. The Morgan fingerprint density at radius 3 is 2.56 bits per heavy atom. The van der Waals surface area contributed by atoms with Crippen molar-refractivity contribution in [3.8, 4) is 0 Å². The van der Waals surface area contributed by atoms with Gasteiger partial charge in [-0.15, -0.1) is 0 Å². The van der Waals surface area contributed by atoms with Crippen molar-refractivity contribution in [3.05, 3.63) is 63.8 Å². The average molecular weight is 551 g/mol. The number of likely N-dealkylation sites (N-methyl/N-ethyl adjacent to an activating group) is 2. The number of nitrogens with one attached hydrogen (secondary N) is 3. The number of nitrogens with zero attached hydrogens (tertiary/aromatic N) is 4. The van der Waals surface area contributed by atoms with Gasteiger partial charge in [-0.2, -0.15) is 4.98 Å². The fraction of sp³-hybridized carbons (Fsp3) is 0.333. The van der Waals surface area contributed by atoms with Gasteiger partial charge in [0.2, 0.25) is 16.8 Å². The number of aromatic nitrogens is 2. The van der Waals surface area contributed by atoms with Gasteiger partial charge in [-0.1, -0.05) is 48.3 Å². The molecular weight excluding hydrogens is 521 g/mol. The summed E-state index contributed by atoms with van der Waals surface area (Å²) in [6, 6.07) is 11.4. The van der Waals surface area contributed by atoms with E-state index in [9.17, 15) is 8.42 Å². The lowest BCUT2D eigenvalue weighted by molar-refractivity contribution is 0.293. The number of rotatable bonds is 9. The van der Waals surface area contributed by atoms with Gasteiger partial charge in [0, 0.05) is 44.1 Å². The number of anilines is 5. The molecule has 2 aromatic carbocycles. The van der Waals surface area contributed by atoms with Crippen molar-refractivity contribution in [2.45, 2.75) is 26.9 Å².